The summed E-state index contributed by atoms with van der Waals surface area (Å²) < 4.78 is 5.15. The van der Waals surface area contributed by atoms with Crippen molar-refractivity contribution in [2.75, 3.05) is 26.3 Å². The standard InChI is InChI=1S/C9H19NO/c1-3-4-5-10-6-9(2)7-11-8-9/h10H,3-8H2,1-2H3. The van der Waals surface area contributed by atoms with E-state index >= 15 is 0 Å². The summed E-state index contributed by atoms with van der Waals surface area (Å²) in [6.07, 6.45) is 2.57. The quantitative estimate of drug-likeness (QED) is 0.609. The Morgan fingerprint density at radius 3 is 2.64 bits per heavy atom. The van der Waals surface area contributed by atoms with Crippen molar-refractivity contribution in [2.45, 2.75) is 26.7 Å². The Bertz CT molecular complexity index is 110. The molecule has 0 aromatic rings. The van der Waals surface area contributed by atoms with Crippen molar-refractivity contribution in [3.63, 3.8) is 0 Å². The zero-order valence-electron chi connectivity index (χ0n) is 7.65. The molecule has 0 unspecified atom stereocenters. The zero-order chi connectivity index (χ0) is 8.16. The van der Waals surface area contributed by atoms with Gasteiger partial charge in [0.2, 0.25) is 0 Å². The minimum Gasteiger partial charge on any atom is -0.380 e. The van der Waals surface area contributed by atoms with Gasteiger partial charge in [0.05, 0.1) is 13.2 Å². The van der Waals surface area contributed by atoms with Crippen molar-refractivity contribution in [1.82, 2.24) is 5.32 Å². The van der Waals surface area contributed by atoms with Gasteiger partial charge in [0.25, 0.3) is 0 Å². The van der Waals surface area contributed by atoms with Gasteiger partial charge in [-0.25, -0.2) is 0 Å². The van der Waals surface area contributed by atoms with Crippen LogP contribution in [0.5, 0.6) is 0 Å². The lowest BCUT2D eigenvalue weighted by atomic mass is 9.89. The highest BCUT2D eigenvalue weighted by Crippen LogP contribution is 2.24. The number of hydrogen-bond donors (Lipinski definition) is 1. The lowest BCUT2D eigenvalue weighted by Crippen LogP contribution is -2.47. The molecule has 0 amide bonds. The number of unbranched alkanes of at least 4 members (excludes halogenated alkanes) is 1. The highest BCUT2D eigenvalue weighted by atomic mass is 16.5. The molecule has 66 valence electrons. The van der Waals surface area contributed by atoms with Crippen molar-refractivity contribution < 1.29 is 4.74 Å². The van der Waals surface area contributed by atoms with Crippen LogP contribution in [0.1, 0.15) is 26.7 Å². The predicted octanol–water partition coefficient (Wildman–Crippen LogP) is 1.41. The fourth-order valence-corrected chi connectivity index (χ4v) is 1.24. The summed E-state index contributed by atoms with van der Waals surface area (Å²) >= 11 is 0. The van der Waals surface area contributed by atoms with Crippen LogP contribution in [0.2, 0.25) is 0 Å². The molecule has 2 nitrogen and oxygen atoms in total. The molecule has 1 fully saturated rings. The summed E-state index contributed by atoms with van der Waals surface area (Å²) in [5.74, 6) is 0. The fourth-order valence-electron chi connectivity index (χ4n) is 1.24. The molecule has 1 saturated heterocycles. The van der Waals surface area contributed by atoms with E-state index in [1.807, 2.05) is 0 Å². The van der Waals surface area contributed by atoms with E-state index in [0.29, 0.717) is 5.41 Å². The average molecular weight is 157 g/mol. The summed E-state index contributed by atoms with van der Waals surface area (Å²) in [6.45, 7) is 8.64. The fraction of sp³-hybridized carbons (Fsp3) is 1.00. The summed E-state index contributed by atoms with van der Waals surface area (Å²) in [6, 6.07) is 0. The van der Waals surface area contributed by atoms with Gasteiger partial charge in [-0.2, -0.15) is 0 Å². The predicted molar refractivity (Wildman–Crippen MR) is 46.7 cm³/mol. The lowest BCUT2D eigenvalue weighted by Gasteiger charge is -2.38. The number of ether oxygens (including phenoxy) is 1. The first kappa shape index (κ1) is 9.01. The molecule has 1 rings (SSSR count). The monoisotopic (exact) mass is 157 g/mol. The minimum atomic E-state index is 0.438. The van der Waals surface area contributed by atoms with E-state index in [0.717, 1.165) is 26.3 Å². The van der Waals surface area contributed by atoms with Gasteiger partial charge in [-0.05, 0) is 13.0 Å². The Morgan fingerprint density at radius 1 is 1.45 bits per heavy atom. The number of hydrogen-bond acceptors (Lipinski definition) is 2. The Balaban J connectivity index is 1.94. The molecule has 1 aliphatic rings. The van der Waals surface area contributed by atoms with Gasteiger partial charge >= 0.3 is 0 Å². The van der Waals surface area contributed by atoms with Crippen LogP contribution >= 0.6 is 0 Å². The molecule has 2 heteroatoms. The van der Waals surface area contributed by atoms with Gasteiger partial charge in [-0.3, -0.25) is 0 Å². The molecule has 0 bridgehead atoms. The summed E-state index contributed by atoms with van der Waals surface area (Å²) in [5.41, 5.74) is 0.438. The minimum absolute atomic E-state index is 0.438. The molecule has 0 aromatic carbocycles. The second-order valence-corrected chi connectivity index (χ2v) is 3.83. The third-order valence-electron chi connectivity index (χ3n) is 2.16. The number of nitrogens with one attached hydrogen (secondary N) is 1. The normalized spacial score (nSPS) is 21.3. The molecule has 1 aliphatic heterocycles. The van der Waals surface area contributed by atoms with Gasteiger partial charge in [-0.15, -0.1) is 0 Å². The molecular formula is C9H19NO. The average Bonchev–Trinajstić information content (AvgIpc) is 1.95. The smallest absolute Gasteiger partial charge is 0.0554 e. The van der Waals surface area contributed by atoms with E-state index in [9.17, 15) is 0 Å². The molecule has 0 aromatic heterocycles. The van der Waals surface area contributed by atoms with E-state index in [2.05, 4.69) is 19.2 Å². The van der Waals surface area contributed by atoms with Gasteiger partial charge in [-0.1, -0.05) is 20.3 Å². The maximum absolute atomic E-state index is 5.15. The summed E-state index contributed by atoms with van der Waals surface area (Å²) in [7, 11) is 0. The summed E-state index contributed by atoms with van der Waals surface area (Å²) in [4.78, 5) is 0. The van der Waals surface area contributed by atoms with Crippen LogP contribution in [0.4, 0.5) is 0 Å². The van der Waals surface area contributed by atoms with E-state index in [4.69, 9.17) is 4.74 Å². The number of rotatable bonds is 5. The second kappa shape index (κ2) is 4.07. The molecule has 1 heterocycles. The maximum Gasteiger partial charge on any atom is 0.0554 e. The Morgan fingerprint density at radius 2 is 2.18 bits per heavy atom. The van der Waals surface area contributed by atoms with Gasteiger partial charge < -0.3 is 10.1 Å². The Kier molecular flexibility index (Phi) is 3.34. The van der Waals surface area contributed by atoms with Crippen molar-refractivity contribution in [1.29, 1.82) is 0 Å². The summed E-state index contributed by atoms with van der Waals surface area (Å²) in [5, 5.41) is 3.45. The molecule has 0 saturated carbocycles. The van der Waals surface area contributed by atoms with Crippen LogP contribution in [0.25, 0.3) is 0 Å². The first-order valence-corrected chi connectivity index (χ1v) is 4.55. The lowest BCUT2D eigenvalue weighted by molar-refractivity contribution is -0.0989. The van der Waals surface area contributed by atoms with Crippen LogP contribution < -0.4 is 5.32 Å². The van der Waals surface area contributed by atoms with Crippen molar-refractivity contribution in [3.05, 3.63) is 0 Å². The first-order chi connectivity index (χ1) is 5.27. The molecule has 0 aliphatic carbocycles. The van der Waals surface area contributed by atoms with Crippen LogP contribution in [0.3, 0.4) is 0 Å². The van der Waals surface area contributed by atoms with Crippen LogP contribution in [-0.4, -0.2) is 26.3 Å². The van der Waals surface area contributed by atoms with Gasteiger partial charge in [0.15, 0.2) is 0 Å². The van der Waals surface area contributed by atoms with E-state index in [-0.39, 0.29) is 0 Å². The van der Waals surface area contributed by atoms with Gasteiger partial charge in [0.1, 0.15) is 0 Å². The Labute approximate surface area is 69.3 Å². The molecule has 1 N–H and O–H groups in total. The first-order valence-electron chi connectivity index (χ1n) is 4.55. The third-order valence-corrected chi connectivity index (χ3v) is 2.16. The van der Waals surface area contributed by atoms with E-state index < -0.39 is 0 Å². The SMILES string of the molecule is CCCCNCC1(C)COC1. The van der Waals surface area contributed by atoms with Crippen LogP contribution in [0, 0.1) is 5.41 Å². The van der Waals surface area contributed by atoms with Crippen molar-refractivity contribution in [2.24, 2.45) is 5.41 Å². The van der Waals surface area contributed by atoms with Crippen LogP contribution in [-0.2, 0) is 4.74 Å². The highest BCUT2D eigenvalue weighted by Gasteiger charge is 2.32. The van der Waals surface area contributed by atoms with E-state index in [1.165, 1.54) is 12.8 Å². The molecule has 0 atom stereocenters. The third kappa shape index (κ3) is 2.80. The highest BCUT2D eigenvalue weighted by molar-refractivity contribution is 4.82. The maximum atomic E-state index is 5.15. The Hall–Kier alpha value is -0.0800. The molecular weight excluding hydrogens is 138 g/mol. The molecule has 0 spiro atoms. The zero-order valence-corrected chi connectivity index (χ0v) is 7.65. The van der Waals surface area contributed by atoms with Crippen LogP contribution in [0.15, 0.2) is 0 Å². The van der Waals surface area contributed by atoms with Crippen molar-refractivity contribution in [3.8, 4) is 0 Å². The van der Waals surface area contributed by atoms with Gasteiger partial charge in [0, 0.05) is 12.0 Å². The second-order valence-electron chi connectivity index (χ2n) is 3.83. The van der Waals surface area contributed by atoms with E-state index in [1.54, 1.807) is 0 Å². The molecule has 11 heavy (non-hydrogen) atoms. The molecule has 0 radical (unpaired) electrons. The largest absolute Gasteiger partial charge is 0.380 e. The van der Waals surface area contributed by atoms with Crippen molar-refractivity contribution >= 4 is 0 Å². The topological polar surface area (TPSA) is 21.3 Å².